The predicted octanol–water partition coefficient (Wildman–Crippen LogP) is 4.17. The number of halogens is 5. The summed E-state index contributed by atoms with van der Waals surface area (Å²) in [4.78, 5) is 0. The van der Waals surface area contributed by atoms with E-state index in [1.54, 1.807) is 6.92 Å². The molecule has 0 fully saturated rings. The molecular weight excluding hydrogens is 243 g/mol. The maximum Gasteiger partial charge on any atom is 0.484 e. The fourth-order valence-corrected chi connectivity index (χ4v) is 2.19. The molecule has 6 heteroatoms. The van der Waals surface area contributed by atoms with Crippen molar-refractivity contribution in [3.63, 3.8) is 0 Å². The highest BCUT2D eigenvalue weighted by molar-refractivity contribution is 6.44. The number of hydrogen-bond acceptors (Lipinski definition) is 0. The maximum atomic E-state index is 12.6. The highest BCUT2D eigenvalue weighted by Crippen LogP contribution is 2.32. The Hall–Kier alpha value is -0.913. The second-order valence-corrected chi connectivity index (χ2v) is 4.65. The molecule has 0 aromatic heterocycles. The third-order valence-electron chi connectivity index (χ3n) is 2.29. The molecule has 0 spiro atoms. The van der Waals surface area contributed by atoms with Crippen molar-refractivity contribution in [3.8, 4) is 0 Å². The van der Waals surface area contributed by atoms with Crippen LogP contribution >= 0.6 is 0 Å². The van der Waals surface area contributed by atoms with Crippen LogP contribution in [0.4, 0.5) is 21.4 Å². The van der Waals surface area contributed by atoms with E-state index < -0.39 is 26.7 Å². The Morgan fingerprint density at radius 2 is 1.88 bits per heavy atom. The topological polar surface area (TPSA) is 0 Å². The molecule has 0 saturated carbocycles. The van der Waals surface area contributed by atoms with Gasteiger partial charge in [-0.1, -0.05) is 25.1 Å². The van der Waals surface area contributed by atoms with Gasteiger partial charge in [-0.2, -0.15) is 13.2 Å². The molecule has 0 heterocycles. The first-order valence-electron chi connectivity index (χ1n) is 4.71. The molecule has 1 aromatic rings. The van der Waals surface area contributed by atoms with Crippen LogP contribution in [0.15, 0.2) is 24.3 Å². The summed E-state index contributed by atoms with van der Waals surface area (Å²) in [5, 5.41) is 0. The van der Waals surface area contributed by atoms with Gasteiger partial charge in [-0.05, 0) is 18.1 Å². The third kappa shape index (κ3) is 3.04. The number of alkyl halides is 3. The molecule has 1 rings (SSSR count). The Bertz CT molecular complexity index is 347. The molecule has 1 radical (unpaired) electrons. The summed E-state index contributed by atoms with van der Waals surface area (Å²) in [7, 11) is -3.60. The largest absolute Gasteiger partial charge is 0.484 e. The number of rotatable bonds is 3. The van der Waals surface area contributed by atoms with Gasteiger partial charge >= 0.3 is 15.6 Å². The summed E-state index contributed by atoms with van der Waals surface area (Å²) < 4.78 is 62.3. The zero-order valence-electron chi connectivity index (χ0n) is 8.48. The van der Waals surface area contributed by atoms with Crippen LogP contribution in [0, 0.1) is 0 Å². The van der Waals surface area contributed by atoms with E-state index in [1.165, 1.54) is 12.1 Å². The van der Waals surface area contributed by atoms with Gasteiger partial charge in [0, 0.05) is 5.54 Å². The SMILES string of the molecule is CCC(c1cccc(C(F)(F)F)c1)[Si](F)F. The Morgan fingerprint density at radius 3 is 2.31 bits per heavy atom. The molecule has 1 aromatic carbocycles. The van der Waals surface area contributed by atoms with Gasteiger partial charge in [-0.3, -0.25) is 8.22 Å². The monoisotopic (exact) mass is 253 g/mol. The smallest absolute Gasteiger partial charge is 0.267 e. The van der Waals surface area contributed by atoms with Crippen molar-refractivity contribution in [1.82, 2.24) is 0 Å². The normalized spacial score (nSPS) is 14.2. The first-order valence-corrected chi connectivity index (χ1v) is 6.04. The standard InChI is InChI=1S/C10H10F5Si/c1-2-9(16(14)15)7-4-3-5-8(6-7)10(11,12)13/h3-6,9H,2H2,1H3. The average Bonchev–Trinajstić information content (AvgIpc) is 2.17. The highest BCUT2D eigenvalue weighted by atomic mass is 28.4. The first-order chi connectivity index (χ1) is 7.36. The molecule has 0 aliphatic carbocycles. The lowest BCUT2D eigenvalue weighted by Crippen LogP contribution is -2.14. The summed E-state index contributed by atoms with van der Waals surface area (Å²) in [5.74, 6) is 0. The van der Waals surface area contributed by atoms with Gasteiger partial charge in [0.25, 0.3) is 0 Å². The second-order valence-electron chi connectivity index (χ2n) is 3.37. The molecule has 0 aliphatic rings. The lowest BCUT2D eigenvalue weighted by molar-refractivity contribution is -0.137. The Balaban J connectivity index is 3.07. The predicted molar refractivity (Wildman–Crippen MR) is 52.4 cm³/mol. The van der Waals surface area contributed by atoms with Gasteiger partial charge in [-0.15, -0.1) is 0 Å². The van der Waals surface area contributed by atoms with E-state index in [2.05, 4.69) is 0 Å². The molecule has 89 valence electrons. The van der Waals surface area contributed by atoms with Crippen molar-refractivity contribution in [2.45, 2.75) is 25.1 Å². The van der Waals surface area contributed by atoms with E-state index >= 15 is 0 Å². The van der Waals surface area contributed by atoms with E-state index in [-0.39, 0.29) is 12.0 Å². The zero-order chi connectivity index (χ0) is 12.3. The van der Waals surface area contributed by atoms with Crippen molar-refractivity contribution in [1.29, 1.82) is 0 Å². The van der Waals surface area contributed by atoms with E-state index in [1.807, 2.05) is 0 Å². The van der Waals surface area contributed by atoms with Gasteiger partial charge < -0.3 is 0 Å². The summed E-state index contributed by atoms with van der Waals surface area (Å²) in [6.45, 7) is 1.55. The van der Waals surface area contributed by atoms with Crippen LogP contribution in [0.1, 0.15) is 30.0 Å². The highest BCUT2D eigenvalue weighted by Gasteiger charge is 2.32. The van der Waals surface area contributed by atoms with Crippen molar-refractivity contribution in [2.24, 2.45) is 0 Å². The minimum Gasteiger partial charge on any atom is -0.267 e. The first kappa shape index (κ1) is 13.2. The Kier molecular flexibility index (Phi) is 4.07. The summed E-state index contributed by atoms with van der Waals surface area (Å²) >= 11 is 0. The van der Waals surface area contributed by atoms with Gasteiger partial charge in [0.2, 0.25) is 0 Å². The molecule has 0 amide bonds. The second kappa shape index (κ2) is 4.95. The Morgan fingerprint density at radius 1 is 1.25 bits per heavy atom. The van der Waals surface area contributed by atoms with E-state index in [0.717, 1.165) is 12.1 Å². The molecule has 16 heavy (non-hydrogen) atoms. The van der Waals surface area contributed by atoms with Gasteiger partial charge in [0.1, 0.15) is 0 Å². The van der Waals surface area contributed by atoms with E-state index in [0.29, 0.717) is 0 Å². The molecule has 0 N–H and O–H groups in total. The lowest BCUT2D eigenvalue weighted by atomic mass is 10.1. The lowest BCUT2D eigenvalue weighted by Gasteiger charge is -2.14. The summed E-state index contributed by atoms with van der Waals surface area (Å²) in [5.41, 5.74) is -1.82. The van der Waals surface area contributed by atoms with Crippen LogP contribution < -0.4 is 0 Å². The summed E-state index contributed by atoms with van der Waals surface area (Å²) in [6.07, 6.45) is -4.32. The van der Waals surface area contributed by atoms with E-state index in [4.69, 9.17) is 0 Å². The van der Waals surface area contributed by atoms with Crippen molar-refractivity contribution >= 4 is 9.46 Å². The fraction of sp³-hybridized carbons (Fsp3) is 0.400. The van der Waals surface area contributed by atoms with Crippen LogP contribution in [0.5, 0.6) is 0 Å². The molecule has 1 unspecified atom stereocenters. The van der Waals surface area contributed by atoms with Crippen LogP contribution in [-0.2, 0) is 6.18 Å². The fourth-order valence-electron chi connectivity index (χ4n) is 1.45. The summed E-state index contributed by atoms with van der Waals surface area (Å²) in [6, 6.07) is 4.20. The van der Waals surface area contributed by atoms with Crippen LogP contribution in [0.2, 0.25) is 0 Å². The van der Waals surface area contributed by atoms with Crippen LogP contribution in [0.25, 0.3) is 0 Å². The van der Waals surface area contributed by atoms with Gasteiger partial charge in [0.15, 0.2) is 0 Å². The van der Waals surface area contributed by atoms with Crippen molar-refractivity contribution in [2.75, 3.05) is 0 Å². The zero-order valence-corrected chi connectivity index (χ0v) is 9.48. The Labute approximate surface area is 92.0 Å². The molecule has 0 saturated heterocycles. The maximum absolute atomic E-state index is 12.6. The minimum atomic E-state index is -4.48. The third-order valence-corrected chi connectivity index (χ3v) is 3.56. The minimum absolute atomic E-state index is 0.0798. The number of hydrogen-bond donors (Lipinski definition) is 0. The molecule has 1 atom stereocenters. The molecule has 0 bridgehead atoms. The quantitative estimate of drug-likeness (QED) is 0.431. The van der Waals surface area contributed by atoms with Crippen molar-refractivity contribution < 1.29 is 21.4 Å². The number of benzene rings is 1. The van der Waals surface area contributed by atoms with Crippen LogP contribution in [-0.4, -0.2) is 9.46 Å². The van der Waals surface area contributed by atoms with E-state index in [9.17, 15) is 21.4 Å². The van der Waals surface area contributed by atoms with Crippen LogP contribution in [0.3, 0.4) is 0 Å². The molecule has 0 aliphatic heterocycles. The molecular formula is C10H10F5Si. The van der Waals surface area contributed by atoms with Gasteiger partial charge in [0.05, 0.1) is 5.56 Å². The molecule has 0 nitrogen and oxygen atoms in total. The van der Waals surface area contributed by atoms with Crippen molar-refractivity contribution in [3.05, 3.63) is 35.4 Å². The average molecular weight is 253 g/mol. The van der Waals surface area contributed by atoms with Gasteiger partial charge in [-0.25, -0.2) is 0 Å².